The highest BCUT2D eigenvalue weighted by molar-refractivity contribution is 8.18. The number of halogens is 1. The molecule has 5 nitrogen and oxygen atoms in total. The summed E-state index contributed by atoms with van der Waals surface area (Å²) in [5.41, 5.74) is 4.31. The quantitative estimate of drug-likeness (QED) is 0.486. The van der Waals surface area contributed by atoms with Crippen molar-refractivity contribution in [3.8, 4) is 0 Å². The molecule has 0 spiro atoms. The van der Waals surface area contributed by atoms with Gasteiger partial charge in [-0.3, -0.25) is 19.3 Å². The van der Waals surface area contributed by atoms with Crippen molar-refractivity contribution in [1.82, 2.24) is 9.80 Å². The minimum atomic E-state index is -0.414. The van der Waals surface area contributed by atoms with Crippen LogP contribution in [0.4, 0.5) is 9.18 Å². The molecule has 0 bridgehead atoms. The van der Waals surface area contributed by atoms with Gasteiger partial charge in [0.1, 0.15) is 5.82 Å². The van der Waals surface area contributed by atoms with Crippen LogP contribution in [0.3, 0.4) is 0 Å². The van der Waals surface area contributed by atoms with Crippen LogP contribution in [-0.4, -0.2) is 33.4 Å². The maximum Gasteiger partial charge on any atom is 0.293 e. The number of amides is 3. The normalized spacial score (nSPS) is 16.8. The predicted molar refractivity (Wildman–Crippen MR) is 129 cm³/mol. The van der Waals surface area contributed by atoms with E-state index in [4.69, 9.17) is 0 Å². The molecule has 0 unspecified atom stereocenters. The third-order valence-electron chi connectivity index (χ3n) is 5.98. The lowest BCUT2D eigenvalue weighted by Crippen LogP contribution is -2.35. The number of carbonyl (C=O) groups excluding carboxylic acids is 3. The molecule has 0 N–H and O–H groups in total. The Morgan fingerprint density at radius 2 is 1.74 bits per heavy atom. The molecule has 0 saturated carbocycles. The van der Waals surface area contributed by atoms with Gasteiger partial charge in [0.2, 0.25) is 0 Å². The molecule has 34 heavy (non-hydrogen) atoms. The smallest absolute Gasteiger partial charge is 0.293 e. The van der Waals surface area contributed by atoms with E-state index in [0.29, 0.717) is 29.1 Å². The molecule has 3 aromatic rings. The summed E-state index contributed by atoms with van der Waals surface area (Å²) in [5, 5.41) is -0.391. The number of rotatable bonds is 4. The first-order chi connectivity index (χ1) is 16.5. The van der Waals surface area contributed by atoms with Crippen molar-refractivity contribution in [2.24, 2.45) is 0 Å². The van der Waals surface area contributed by atoms with Gasteiger partial charge >= 0.3 is 0 Å². The molecule has 1 fully saturated rings. The topological polar surface area (TPSA) is 57.7 Å². The van der Waals surface area contributed by atoms with Gasteiger partial charge in [0, 0.05) is 18.7 Å². The average Bonchev–Trinajstić information content (AvgIpc) is 3.11. The van der Waals surface area contributed by atoms with E-state index in [-0.39, 0.29) is 12.5 Å². The monoisotopic (exact) mass is 472 g/mol. The van der Waals surface area contributed by atoms with Gasteiger partial charge in [0.15, 0.2) is 0 Å². The van der Waals surface area contributed by atoms with E-state index in [1.165, 1.54) is 23.3 Å². The van der Waals surface area contributed by atoms with Crippen LogP contribution in [0.15, 0.2) is 77.7 Å². The van der Waals surface area contributed by atoms with Gasteiger partial charge in [0.05, 0.1) is 11.4 Å². The summed E-state index contributed by atoms with van der Waals surface area (Å²) in [6.07, 6.45) is 2.48. The number of benzene rings is 3. The first-order valence-electron chi connectivity index (χ1n) is 10.9. The third kappa shape index (κ3) is 4.52. The zero-order valence-electron chi connectivity index (χ0n) is 18.2. The maximum atomic E-state index is 13.4. The zero-order chi connectivity index (χ0) is 23.7. The Morgan fingerprint density at radius 3 is 2.50 bits per heavy atom. The Labute approximate surface area is 200 Å². The van der Waals surface area contributed by atoms with Crippen molar-refractivity contribution in [1.29, 1.82) is 0 Å². The largest absolute Gasteiger partial charge is 0.334 e. The minimum Gasteiger partial charge on any atom is -0.334 e. The second-order valence-corrected chi connectivity index (χ2v) is 9.26. The van der Waals surface area contributed by atoms with E-state index in [0.717, 1.165) is 28.6 Å². The Morgan fingerprint density at radius 1 is 0.971 bits per heavy atom. The first kappa shape index (κ1) is 22.1. The minimum absolute atomic E-state index is 0.0200. The first-order valence-corrected chi connectivity index (χ1v) is 11.8. The molecule has 170 valence electrons. The fourth-order valence-corrected chi connectivity index (χ4v) is 5.02. The van der Waals surface area contributed by atoms with E-state index in [2.05, 4.69) is 12.1 Å². The standard InChI is InChI=1S/C27H21FN2O3S/c28-23-7-3-4-19(14-23)16-30-26(32)24(34-27(30)33)15-18-8-10-21(11-9-18)25(31)29-13-12-20-5-1-2-6-22(20)17-29/h1-11,14-15H,12-13,16-17H2. The number of carbonyl (C=O) groups is 3. The lowest BCUT2D eigenvalue weighted by atomic mass is 9.99. The van der Waals surface area contributed by atoms with Gasteiger partial charge in [-0.2, -0.15) is 0 Å². The van der Waals surface area contributed by atoms with Crippen LogP contribution in [0, 0.1) is 5.82 Å². The fourth-order valence-electron chi connectivity index (χ4n) is 4.18. The van der Waals surface area contributed by atoms with Crippen LogP contribution in [0.1, 0.15) is 32.6 Å². The van der Waals surface area contributed by atoms with Gasteiger partial charge in [-0.1, -0.05) is 48.5 Å². The van der Waals surface area contributed by atoms with E-state index in [1.807, 2.05) is 17.0 Å². The highest BCUT2D eigenvalue weighted by Crippen LogP contribution is 2.33. The zero-order valence-corrected chi connectivity index (χ0v) is 19.1. The van der Waals surface area contributed by atoms with Gasteiger partial charge < -0.3 is 4.90 Å². The van der Waals surface area contributed by atoms with Gasteiger partial charge in [-0.15, -0.1) is 0 Å². The van der Waals surface area contributed by atoms with Crippen LogP contribution in [0.2, 0.25) is 0 Å². The van der Waals surface area contributed by atoms with E-state index in [9.17, 15) is 18.8 Å². The maximum absolute atomic E-state index is 13.4. The van der Waals surface area contributed by atoms with E-state index in [1.54, 1.807) is 42.5 Å². The Kier molecular flexibility index (Phi) is 6.02. The van der Waals surface area contributed by atoms with E-state index < -0.39 is 17.0 Å². The van der Waals surface area contributed by atoms with Crippen LogP contribution < -0.4 is 0 Å². The lowest BCUT2D eigenvalue weighted by molar-refractivity contribution is -0.123. The van der Waals surface area contributed by atoms with Crippen molar-refractivity contribution in [2.75, 3.05) is 6.54 Å². The third-order valence-corrected chi connectivity index (χ3v) is 6.88. The Balaban J connectivity index is 1.27. The highest BCUT2D eigenvalue weighted by Gasteiger charge is 2.35. The van der Waals surface area contributed by atoms with Gasteiger partial charge in [-0.05, 0) is 70.8 Å². The number of hydrogen-bond acceptors (Lipinski definition) is 4. The summed E-state index contributed by atoms with van der Waals surface area (Å²) in [6.45, 7) is 1.29. The fraction of sp³-hybridized carbons (Fsp3) is 0.148. The van der Waals surface area contributed by atoms with Crippen LogP contribution in [0.25, 0.3) is 6.08 Å². The molecule has 0 atom stereocenters. The molecule has 0 radical (unpaired) electrons. The second kappa shape index (κ2) is 9.27. The van der Waals surface area contributed by atoms with Crippen LogP contribution >= 0.6 is 11.8 Å². The summed E-state index contributed by atoms with van der Waals surface area (Å²) < 4.78 is 13.4. The molecule has 7 heteroatoms. The molecule has 2 aliphatic heterocycles. The average molecular weight is 473 g/mol. The molecule has 0 aliphatic carbocycles. The molecule has 3 aromatic carbocycles. The number of nitrogens with zero attached hydrogens (tertiary/aromatic N) is 2. The number of fused-ring (bicyclic) bond motifs is 1. The molecule has 2 heterocycles. The summed E-state index contributed by atoms with van der Waals surface area (Å²) in [4.78, 5) is 41.3. The van der Waals surface area contributed by atoms with Crippen LogP contribution in [0.5, 0.6) is 0 Å². The molecule has 0 aromatic heterocycles. The van der Waals surface area contributed by atoms with Crippen molar-refractivity contribution in [3.05, 3.63) is 111 Å². The highest BCUT2D eigenvalue weighted by atomic mass is 32.2. The molecule has 1 saturated heterocycles. The molecule has 5 rings (SSSR count). The summed E-state index contributed by atoms with van der Waals surface area (Å²) in [6, 6.07) is 21.0. The number of thioether (sulfide) groups is 1. The predicted octanol–water partition coefficient (Wildman–Crippen LogP) is 5.26. The molecule has 2 aliphatic rings. The number of hydrogen-bond donors (Lipinski definition) is 0. The summed E-state index contributed by atoms with van der Waals surface area (Å²) in [5.74, 6) is -0.855. The molecular formula is C27H21FN2O3S. The lowest BCUT2D eigenvalue weighted by Gasteiger charge is -2.29. The van der Waals surface area contributed by atoms with Crippen molar-refractivity contribution < 1.29 is 18.8 Å². The Bertz CT molecular complexity index is 1320. The summed E-state index contributed by atoms with van der Waals surface area (Å²) in [7, 11) is 0. The number of imide groups is 1. The van der Waals surface area contributed by atoms with E-state index >= 15 is 0 Å². The SMILES string of the molecule is O=C(c1ccc(C=C2SC(=O)N(Cc3cccc(F)c3)C2=O)cc1)N1CCc2ccccc2C1. The molecular weight excluding hydrogens is 451 g/mol. The van der Waals surface area contributed by atoms with Crippen molar-refractivity contribution in [3.63, 3.8) is 0 Å². The molecule has 3 amide bonds. The van der Waals surface area contributed by atoms with Crippen molar-refractivity contribution in [2.45, 2.75) is 19.5 Å². The van der Waals surface area contributed by atoms with Gasteiger partial charge in [0.25, 0.3) is 17.1 Å². The van der Waals surface area contributed by atoms with Crippen molar-refractivity contribution >= 4 is 34.9 Å². The Hall–Kier alpha value is -3.71. The summed E-state index contributed by atoms with van der Waals surface area (Å²) >= 11 is 0.856. The van der Waals surface area contributed by atoms with Gasteiger partial charge in [-0.25, -0.2) is 4.39 Å². The second-order valence-electron chi connectivity index (χ2n) is 8.27. The van der Waals surface area contributed by atoms with Crippen LogP contribution in [-0.2, 0) is 24.3 Å².